The fourth-order valence-corrected chi connectivity index (χ4v) is 6.50. The molecule has 1 amide bonds. The van der Waals surface area contributed by atoms with E-state index in [0.29, 0.717) is 46.6 Å². The van der Waals surface area contributed by atoms with Crippen molar-refractivity contribution in [3.8, 4) is 16.9 Å². The minimum Gasteiger partial charge on any atom is -0.494 e. The Balaban J connectivity index is 1.47. The van der Waals surface area contributed by atoms with E-state index in [0.717, 1.165) is 11.1 Å². The topological polar surface area (TPSA) is 129 Å². The second-order valence-electron chi connectivity index (χ2n) is 13.2. The number of benzene rings is 5. The Morgan fingerprint density at radius 2 is 1.42 bits per heavy atom. The molecule has 1 heterocycles. The van der Waals surface area contributed by atoms with E-state index in [9.17, 15) is 31.1 Å². The molecule has 5 aromatic carbocycles. The Labute approximate surface area is 323 Å². The molecular weight excluding hydrogens is 752 g/mol. The summed E-state index contributed by atoms with van der Waals surface area (Å²) in [6.45, 7) is -0.578. The van der Waals surface area contributed by atoms with Gasteiger partial charge in [0.25, 0.3) is 5.91 Å². The predicted molar refractivity (Wildman–Crippen MR) is 200 cm³/mol. The number of nitrogens with one attached hydrogen (secondary N) is 1. The van der Waals surface area contributed by atoms with Crippen molar-refractivity contribution in [3.63, 3.8) is 0 Å². The number of hydrogen-bond donors (Lipinski definition) is 2. The largest absolute Gasteiger partial charge is 0.494 e. The Kier molecular flexibility index (Phi) is 12.2. The highest BCUT2D eigenvalue weighted by molar-refractivity contribution is 6.01. The van der Waals surface area contributed by atoms with Gasteiger partial charge in [-0.25, -0.2) is 4.99 Å². The number of azide groups is 1. The number of aliphatic imine (C=N–C) groups is 1. The van der Waals surface area contributed by atoms with Gasteiger partial charge in [0.1, 0.15) is 5.75 Å². The van der Waals surface area contributed by atoms with Crippen molar-refractivity contribution in [1.29, 1.82) is 0 Å². The highest BCUT2D eigenvalue weighted by Crippen LogP contribution is 2.44. The third-order valence-corrected chi connectivity index (χ3v) is 9.33. The van der Waals surface area contributed by atoms with Gasteiger partial charge in [-0.15, -0.1) is 0 Å². The molecule has 0 bridgehead atoms. The molecule has 0 saturated carbocycles. The minimum atomic E-state index is -5.09. The van der Waals surface area contributed by atoms with Crippen LogP contribution in [0.2, 0.25) is 0 Å². The highest BCUT2D eigenvalue weighted by Gasteiger charge is 2.53. The maximum atomic E-state index is 14.8. The first-order valence-electron chi connectivity index (χ1n) is 17.7. The van der Waals surface area contributed by atoms with Crippen molar-refractivity contribution < 1.29 is 45.7 Å². The van der Waals surface area contributed by atoms with E-state index in [1.54, 1.807) is 60.7 Å². The molecule has 57 heavy (non-hydrogen) atoms. The third-order valence-electron chi connectivity index (χ3n) is 9.33. The van der Waals surface area contributed by atoms with E-state index in [-0.39, 0.29) is 38.1 Å². The number of carbonyl (C=O) groups excluding carboxylic acids is 1. The van der Waals surface area contributed by atoms with Crippen LogP contribution in [0.25, 0.3) is 21.6 Å². The van der Waals surface area contributed by atoms with Gasteiger partial charge in [-0.05, 0) is 81.4 Å². The smallest absolute Gasteiger partial charge is 0.416 e. The van der Waals surface area contributed by atoms with Gasteiger partial charge < -0.3 is 19.9 Å². The maximum Gasteiger partial charge on any atom is 0.416 e. The lowest BCUT2D eigenvalue weighted by atomic mass is 9.80. The van der Waals surface area contributed by atoms with E-state index in [2.05, 4.69) is 15.3 Å². The van der Waals surface area contributed by atoms with Crippen molar-refractivity contribution in [2.45, 2.75) is 49.9 Å². The SMILES string of the molecule is [N-]=[N+]=NCc1ccccc1C[C@@]1(C(=O)NCc2cc(C(F)(F)F)cc(C(F)(F)F)c2)N=C(c2ccc(OCCCO)cc2)O[C@@H]1c1ccc(-c2ccccc2)cc1. The fourth-order valence-electron chi connectivity index (χ4n) is 6.50. The number of aliphatic hydroxyl groups is 1. The summed E-state index contributed by atoms with van der Waals surface area (Å²) >= 11 is 0. The second-order valence-corrected chi connectivity index (χ2v) is 13.2. The summed E-state index contributed by atoms with van der Waals surface area (Å²) in [6, 6.07) is 31.3. The molecule has 2 atom stereocenters. The molecule has 1 aliphatic heterocycles. The van der Waals surface area contributed by atoms with Crippen molar-refractivity contribution in [3.05, 3.63) is 171 Å². The van der Waals surface area contributed by atoms with E-state index in [1.807, 2.05) is 42.5 Å². The molecule has 0 fully saturated rings. The van der Waals surface area contributed by atoms with Crippen molar-refractivity contribution in [2.24, 2.45) is 10.1 Å². The standard InChI is InChI=1S/C42H35F6N5O4/c43-41(44,45)34-21-27(22-35(23-34)42(46,47)48)25-50-39(55)40(24-32-9-4-5-10-33(32)26-51-53-49)37(30-13-11-29(12-14-30)28-7-2-1-3-8-28)57-38(52-40)31-15-17-36(18-16-31)56-20-6-19-54/h1-5,7-18,21-23,37,54H,6,19-20,24-26H2,(H,50,55)/t37-,40-/m1/s1. The van der Waals surface area contributed by atoms with E-state index >= 15 is 0 Å². The molecule has 0 aliphatic carbocycles. The van der Waals surface area contributed by atoms with Gasteiger partial charge in [-0.3, -0.25) is 4.79 Å². The second kappa shape index (κ2) is 17.2. The van der Waals surface area contributed by atoms with Crippen LogP contribution in [0.15, 0.2) is 131 Å². The van der Waals surface area contributed by atoms with Crippen LogP contribution < -0.4 is 10.1 Å². The van der Waals surface area contributed by atoms with Crippen LogP contribution in [0, 0.1) is 0 Å². The lowest BCUT2D eigenvalue weighted by Gasteiger charge is -2.31. The molecule has 0 unspecified atom stereocenters. The van der Waals surface area contributed by atoms with E-state index in [1.165, 1.54) is 0 Å². The lowest BCUT2D eigenvalue weighted by Crippen LogP contribution is -2.49. The molecule has 15 heteroatoms. The normalized spacial score (nSPS) is 16.6. The Hall–Kier alpha value is -6.31. The number of carbonyl (C=O) groups is 1. The van der Waals surface area contributed by atoms with Crippen LogP contribution in [0.5, 0.6) is 5.75 Å². The quantitative estimate of drug-likeness (QED) is 0.0382. The zero-order valence-electron chi connectivity index (χ0n) is 30.1. The molecule has 0 spiro atoms. The Morgan fingerprint density at radius 1 is 0.825 bits per heavy atom. The molecule has 2 N–H and O–H groups in total. The van der Waals surface area contributed by atoms with Crippen LogP contribution >= 0.6 is 0 Å². The van der Waals surface area contributed by atoms with E-state index in [4.69, 9.17) is 25.1 Å². The average molecular weight is 788 g/mol. The predicted octanol–water partition coefficient (Wildman–Crippen LogP) is 9.78. The highest BCUT2D eigenvalue weighted by atomic mass is 19.4. The van der Waals surface area contributed by atoms with Gasteiger partial charge in [0.15, 0.2) is 11.6 Å². The average Bonchev–Trinajstić information content (AvgIpc) is 3.60. The molecule has 6 rings (SSSR count). The monoisotopic (exact) mass is 787 g/mol. The number of aliphatic hydroxyl groups excluding tert-OH is 1. The Morgan fingerprint density at radius 3 is 2.04 bits per heavy atom. The van der Waals surface area contributed by atoms with Gasteiger partial charge in [-0.1, -0.05) is 84.0 Å². The van der Waals surface area contributed by atoms with Crippen molar-refractivity contribution >= 4 is 11.8 Å². The first-order chi connectivity index (χ1) is 27.3. The molecule has 5 aromatic rings. The Bertz CT molecular complexity index is 2230. The zero-order valence-corrected chi connectivity index (χ0v) is 30.1. The number of nitrogens with zero attached hydrogens (tertiary/aromatic N) is 4. The molecule has 9 nitrogen and oxygen atoms in total. The number of ether oxygens (including phenoxy) is 2. The molecule has 0 saturated heterocycles. The summed E-state index contributed by atoms with van der Waals surface area (Å²) in [7, 11) is 0. The van der Waals surface area contributed by atoms with Gasteiger partial charge in [0, 0.05) is 36.5 Å². The molecule has 0 aromatic heterocycles. The van der Waals surface area contributed by atoms with Crippen molar-refractivity contribution in [1.82, 2.24) is 5.32 Å². The molecule has 294 valence electrons. The van der Waals surface area contributed by atoms with Crippen LogP contribution in [0.1, 0.15) is 51.5 Å². The lowest BCUT2D eigenvalue weighted by molar-refractivity contribution is -0.143. The number of alkyl halides is 6. The first-order valence-corrected chi connectivity index (χ1v) is 17.7. The first kappa shape index (κ1) is 40.4. The van der Waals surface area contributed by atoms with Gasteiger partial charge in [0.05, 0.1) is 24.3 Å². The summed E-state index contributed by atoms with van der Waals surface area (Å²) in [5, 5.41) is 15.4. The minimum absolute atomic E-state index is 0.0208. The van der Waals surface area contributed by atoms with Crippen LogP contribution in [-0.2, 0) is 41.4 Å². The van der Waals surface area contributed by atoms with Crippen molar-refractivity contribution in [2.75, 3.05) is 13.2 Å². The summed E-state index contributed by atoms with van der Waals surface area (Å²) in [6.07, 6.45) is -11.1. The van der Waals surface area contributed by atoms with Crippen LogP contribution in [0.4, 0.5) is 26.3 Å². The van der Waals surface area contributed by atoms with Gasteiger partial charge in [-0.2, -0.15) is 26.3 Å². The summed E-state index contributed by atoms with van der Waals surface area (Å²) in [4.78, 5) is 22.6. The summed E-state index contributed by atoms with van der Waals surface area (Å²) < 4.78 is 94.8. The van der Waals surface area contributed by atoms with Crippen LogP contribution in [0.3, 0.4) is 0 Å². The molecule has 1 aliphatic rings. The summed E-state index contributed by atoms with van der Waals surface area (Å²) in [5.74, 6) is -0.313. The van der Waals surface area contributed by atoms with Crippen LogP contribution in [-0.4, -0.2) is 35.7 Å². The zero-order chi connectivity index (χ0) is 40.6. The number of halogens is 6. The maximum absolute atomic E-state index is 14.8. The molecular formula is C42H35F6N5O4. The van der Waals surface area contributed by atoms with Gasteiger partial charge in [0.2, 0.25) is 5.90 Å². The number of amides is 1. The summed E-state index contributed by atoms with van der Waals surface area (Å²) in [5.41, 5.74) is 7.52. The number of hydrogen-bond acceptors (Lipinski definition) is 6. The fraction of sp³-hybridized carbons (Fsp3) is 0.238. The number of rotatable bonds is 14. The third kappa shape index (κ3) is 9.57. The molecule has 0 radical (unpaired) electrons. The van der Waals surface area contributed by atoms with E-state index < -0.39 is 53.1 Å². The van der Waals surface area contributed by atoms with Gasteiger partial charge >= 0.3 is 12.4 Å².